The highest BCUT2D eigenvalue weighted by Gasteiger charge is 2.46. The topological polar surface area (TPSA) is 132 Å². The monoisotopic (exact) mass is 570 g/mol. The molecule has 0 radical (unpaired) electrons. The molecule has 36 heavy (non-hydrogen) atoms. The van der Waals surface area contributed by atoms with Crippen LogP contribution in [0.3, 0.4) is 0 Å². The molecule has 2 aliphatic rings. The van der Waals surface area contributed by atoms with Crippen LogP contribution in [0.25, 0.3) is 0 Å². The molecule has 2 fully saturated rings. The lowest BCUT2D eigenvalue weighted by Crippen LogP contribution is -2.35. The maximum absolute atomic E-state index is 12.5. The van der Waals surface area contributed by atoms with Gasteiger partial charge in [-0.2, -0.15) is 0 Å². The van der Waals surface area contributed by atoms with Crippen molar-refractivity contribution in [2.24, 2.45) is 0 Å². The van der Waals surface area contributed by atoms with E-state index in [1.807, 2.05) is 13.8 Å². The van der Waals surface area contributed by atoms with E-state index in [4.69, 9.17) is 0 Å². The Morgan fingerprint density at radius 3 is 1.39 bits per heavy atom. The van der Waals surface area contributed by atoms with E-state index in [0.717, 1.165) is 22.3 Å². The largest absolute Gasteiger partial charge is 0.332 e. The zero-order chi connectivity index (χ0) is 26.4. The number of nitrogens with one attached hydrogen (secondary N) is 2. The molecule has 0 spiro atoms. The van der Waals surface area contributed by atoms with Crippen LogP contribution in [-0.4, -0.2) is 62.5 Å². The number of aryl methyl sites for hydroxylation is 4. The molecule has 2 atom stereocenters. The number of sulfonamides is 2. The number of hydrogen-bond acceptors (Lipinski definition) is 8. The standard InChI is InChI=1S/C22H26N4O6S4/c1-13-5-7-17(9-15(13)3)35(29,30)23-21(27)25-11-19(25)33-34-20-12-26(20)22(28)24-36(31,32)18-8-6-14(2)16(4)10-18/h5-10,19-20H,11-12H2,1-4H3,(H,23,27)(H,24,28). The van der Waals surface area contributed by atoms with Crippen LogP contribution in [0.5, 0.6) is 0 Å². The quantitative estimate of drug-likeness (QED) is 0.383. The van der Waals surface area contributed by atoms with Crippen molar-refractivity contribution in [2.75, 3.05) is 13.1 Å². The van der Waals surface area contributed by atoms with E-state index in [9.17, 15) is 26.4 Å². The lowest BCUT2D eigenvalue weighted by atomic mass is 10.1. The fourth-order valence-electron chi connectivity index (χ4n) is 3.19. The number of urea groups is 2. The number of benzene rings is 2. The van der Waals surface area contributed by atoms with Crippen molar-refractivity contribution in [3.8, 4) is 0 Å². The van der Waals surface area contributed by atoms with E-state index in [0.29, 0.717) is 13.1 Å². The van der Waals surface area contributed by atoms with E-state index in [-0.39, 0.29) is 20.5 Å². The molecule has 0 aromatic heterocycles. The summed E-state index contributed by atoms with van der Waals surface area (Å²) in [5.41, 5.74) is 3.51. The molecule has 2 N–H and O–H groups in total. The third-order valence-electron chi connectivity index (χ3n) is 5.95. The van der Waals surface area contributed by atoms with Gasteiger partial charge >= 0.3 is 12.1 Å². The van der Waals surface area contributed by atoms with E-state index < -0.39 is 32.1 Å². The summed E-state index contributed by atoms with van der Waals surface area (Å²) >= 11 is 0. The molecule has 194 valence electrons. The van der Waals surface area contributed by atoms with Gasteiger partial charge in [-0.15, -0.1) is 0 Å². The second-order valence-electron chi connectivity index (χ2n) is 8.72. The Morgan fingerprint density at radius 2 is 1.06 bits per heavy atom. The summed E-state index contributed by atoms with van der Waals surface area (Å²) in [5, 5.41) is -0.482. The summed E-state index contributed by atoms with van der Waals surface area (Å²) in [6.45, 7) is 8.07. The van der Waals surface area contributed by atoms with Crippen LogP contribution >= 0.6 is 21.6 Å². The second kappa shape index (κ2) is 9.80. The van der Waals surface area contributed by atoms with Gasteiger partial charge in [0.1, 0.15) is 10.7 Å². The Hall–Kier alpha value is -2.42. The predicted molar refractivity (Wildman–Crippen MR) is 139 cm³/mol. The Bertz CT molecular complexity index is 1330. The van der Waals surface area contributed by atoms with Gasteiger partial charge in [-0.1, -0.05) is 33.7 Å². The first-order valence-electron chi connectivity index (χ1n) is 10.9. The molecule has 10 nitrogen and oxygen atoms in total. The average molecular weight is 571 g/mol. The maximum atomic E-state index is 12.5. The minimum Gasteiger partial charge on any atom is -0.306 e. The number of hydrogen-bond donors (Lipinski definition) is 2. The van der Waals surface area contributed by atoms with E-state index in [1.165, 1.54) is 55.7 Å². The van der Waals surface area contributed by atoms with Crippen LogP contribution in [0.1, 0.15) is 22.3 Å². The van der Waals surface area contributed by atoms with Gasteiger partial charge in [-0.3, -0.25) is 0 Å². The molecule has 2 aromatic carbocycles. The van der Waals surface area contributed by atoms with Gasteiger partial charge in [0.25, 0.3) is 20.0 Å². The van der Waals surface area contributed by atoms with Gasteiger partial charge in [0.05, 0.1) is 22.9 Å². The van der Waals surface area contributed by atoms with Crippen molar-refractivity contribution in [1.82, 2.24) is 19.2 Å². The van der Waals surface area contributed by atoms with Gasteiger partial charge in [0.15, 0.2) is 0 Å². The first-order chi connectivity index (χ1) is 16.8. The highest BCUT2D eigenvalue weighted by Crippen LogP contribution is 2.45. The highest BCUT2D eigenvalue weighted by atomic mass is 33.1. The molecule has 2 heterocycles. The van der Waals surface area contributed by atoms with Crippen molar-refractivity contribution >= 4 is 53.7 Å². The van der Waals surface area contributed by atoms with Gasteiger partial charge < -0.3 is 9.80 Å². The average Bonchev–Trinajstić information content (AvgIpc) is 3.69. The number of nitrogens with zero attached hydrogens (tertiary/aromatic N) is 2. The number of carbonyl (C=O) groups is 2. The molecule has 2 aromatic rings. The molecular formula is C22H26N4O6S4. The molecule has 2 saturated heterocycles. The number of rotatable bonds is 7. The fraction of sp³-hybridized carbons (Fsp3) is 0.364. The SMILES string of the molecule is Cc1ccc(S(=O)(=O)NC(=O)N2CC2SSC2CN2C(=O)NS(=O)(=O)c2ccc(C)c(C)c2)cc1C. The van der Waals surface area contributed by atoms with Crippen LogP contribution < -0.4 is 9.44 Å². The Labute approximate surface area is 218 Å². The summed E-state index contributed by atoms with van der Waals surface area (Å²) < 4.78 is 54.3. The summed E-state index contributed by atoms with van der Waals surface area (Å²) in [4.78, 5) is 27.6. The van der Waals surface area contributed by atoms with Crippen molar-refractivity contribution in [3.63, 3.8) is 0 Å². The van der Waals surface area contributed by atoms with E-state index in [1.54, 1.807) is 26.0 Å². The zero-order valence-electron chi connectivity index (χ0n) is 20.0. The summed E-state index contributed by atoms with van der Waals surface area (Å²) in [6.07, 6.45) is 0. The zero-order valence-corrected chi connectivity index (χ0v) is 23.3. The third kappa shape index (κ3) is 5.93. The summed E-state index contributed by atoms with van der Waals surface area (Å²) in [7, 11) is -5.31. The Morgan fingerprint density at radius 1 is 0.694 bits per heavy atom. The van der Waals surface area contributed by atoms with Gasteiger partial charge in [-0.25, -0.2) is 35.9 Å². The van der Waals surface area contributed by atoms with Crippen LogP contribution in [-0.2, 0) is 20.0 Å². The van der Waals surface area contributed by atoms with Crippen LogP contribution in [0.2, 0.25) is 0 Å². The summed E-state index contributed by atoms with van der Waals surface area (Å²) in [5.74, 6) is 0. The molecule has 0 aliphatic carbocycles. The normalized spacial score (nSPS) is 19.1. The van der Waals surface area contributed by atoms with Crippen molar-refractivity contribution < 1.29 is 26.4 Å². The van der Waals surface area contributed by atoms with E-state index in [2.05, 4.69) is 9.44 Å². The van der Waals surface area contributed by atoms with Crippen LogP contribution in [0, 0.1) is 27.7 Å². The molecular weight excluding hydrogens is 545 g/mol. The molecule has 14 heteroatoms. The maximum Gasteiger partial charge on any atom is 0.332 e. The van der Waals surface area contributed by atoms with E-state index >= 15 is 0 Å². The molecule has 2 unspecified atom stereocenters. The van der Waals surface area contributed by atoms with Crippen molar-refractivity contribution in [2.45, 2.75) is 48.2 Å². The smallest absolute Gasteiger partial charge is 0.306 e. The second-order valence-corrected chi connectivity index (χ2v) is 14.7. The fourth-order valence-corrected chi connectivity index (χ4v) is 8.13. The number of amides is 4. The van der Waals surface area contributed by atoms with Crippen molar-refractivity contribution in [3.05, 3.63) is 58.7 Å². The third-order valence-corrected chi connectivity index (χ3v) is 11.6. The lowest BCUT2D eigenvalue weighted by Gasteiger charge is -2.10. The predicted octanol–water partition coefficient (Wildman–Crippen LogP) is 3.08. The molecule has 4 rings (SSSR count). The molecule has 2 aliphatic heterocycles. The van der Waals surface area contributed by atoms with Gasteiger partial charge in [0, 0.05) is 0 Å². The lowest BCUT2D eigenvalue weighted by molar-refractivity contribution is 0.233. The van der Waals surface area contributed by atoms with Crippen LogP contribution in [0.15, 0.2) is 46.2 Å². The van der Waals surface area contributed by atoms with Gasteiger partial charge in [-0.05, 0) is 74.2 Å². The molecule has 0 saturated carbocycles. The molecule has 0 bridgehead atoms. The first-order valence-corrected chi connectivity index (χ1v) is 16.2. The Kier molecular flexibility index (Phi) is 7.25. The summed E-state index contributed by atoms with van der Waals surface area (Å²) in [6, 6.07) is 7.89. The minimum atomic E-state index is -3.99. The minimum absolute atomic E-state index is 0.0229. The van der Waals surface area contributed by atoms with Gasteiger partial charge in [0.2, 0.25) is 0 Å². The van der Waals surface area contributed by atoms with Crippen LogP contribution in [0.4, 0.5) is 9.59 Å². The van der Waals surface area contributed by atoms with Crippen molar-refractivity contribution in [1.29, 1.82) is 0 Å². The molecule has 4 amide bonds. The highest BCUT2D eigenvalue weighted by molar-refractivity contribution is 8.77. The number of carbonyl (C=O) groups excluding carboxylic acids is 2. The first kappa shape index (κ1) is 26.6. The Balaban J connectivity index is 1.23.